The lowest BCUT2D eigenvalue weighted by atomic mass is 9.88. The SMILES string of the molecule is COc1cc(C(=O)NC[C@](O)(c2cc(C(C)(C)F)c(F)c(-c3cc(Cl)c(F)cc3F)n2)C2CC2)cc2cn(C3CC3)nc12. The second-order valence-electron chi connectivity index (χ2n) is 11.8. The summed E-state index contributed by atoms with van der Waals surface area (Å²) in [6.07, 6.45) is 5.05. The second-order valence-corrected chi connectivity index (χ2v) is 12.2. The molecule has 2 heterocycles. The molecule has 0 aliphatic heterocycles. The van der Waals surface area contributed by atoms with Gasteiger partial charge in [0.15, 0.2) is 5.82 Å². The zero-order chi connectivity index (χ0) is 30.8. The van der Waals surface area contributed by atoms with Crippen LogP contribution in [0.15, 0.2) is 36.5 Å². The zero-order valence-corrected chi connectivity index (χ0v) is 24.4. The average Bonchev–Trinajstić information content (AvgIpc) is 3.89. The van der Waals surface area contributed by atoms with Crippen LogP contribution >= 0.6 is 11.6 Å². The van der Waals surface area contributed by atoms with E-state index in [0.717, 1.165) is 38.8 Å². The van der Waals surface area contributed by atoms with Crippen molar-refractivity contribution in [1.82, 2.24) is 20.1 Å². The van der Waals surface area contributed by atoms with Crippen molar-refractivity contribution in [2.45, 2.75) is 56.8 Å². The molecular weight excluding hydrogens is 588 g/mol. The van der Waals surface area contributed by atoms with E-state index in [4.69, 9.17) is 16.3 Å². The molecule has 4 aromatic rings. The van der Waals surface area contributed by atoms with Crippen molar-refractivity contribution in [3.63, 3.8) is 0 Å². The number of carbonyl (C=O) groups excluding carboxylic acids is 1. The molecule has 2 N–H and O–H groups in total. The van der Waals surface area contributed by atoms with Crippen LogP contribution in [0.2, 0.25) is 5.02 Å². The number of amides is 1. The molecule has 12 heteroatoms. The van der Waals surface area contributed by atoms with E-state index in [1.165, 1.54) is 7.11 Å². The molecule has 2 aromatic carbocycles. The maximum atomic E-state index is 15.7. The molecule has 1 amide bonds. The lowest BCUT2D eigenvalue weighted by molar-refractivity contribution is 0.00917. The monoisotopic (exact) mass is 616 g/mol. The normalized spacial score (nSPS) is 16.8. The number of ether oxygens (including phenoxy) is 1. The van der Waals surface area contributed by atoms with Crippen LogP contribution in [0.5, 0.6) is 5.75 Å². The number of aromatic nitrogens is 3. The van der Waals surface area contributed by atoms with E-state index in [0.29, 0.717) is 41.6 Å². The highest BCUT2D eigenvalue weighted by molar-refractivity contribution is 6.31. The maximum absolute atomic E-state index is 15.7. The molecule has 6 rings (SSSR count). The number of nitrogens with one attached hydrogen (secondary N) is 1. The van der Waals surface area contributed by atoms with Crippen LogP contribution in [0.1, 0.15) is 67.2 Å². The Balaban J connectivity index is 1.37. The Hall–Kier alpha value is -3.70. The minimum absolute atomic E-state index is 0.161. The third-order valence-corrected chi connectivity index (χ3v) is 8.36. The van der Waals surface area contributed by atoms with Crippen molar-refractivity contribution in [2.75, 3.05) is 13.7 Å². The van der Waals surface area contributed by atoms with Gasteiger partial charge in [-0.05, 0) is 69.7 Å². The summed E-state index contributed by atoms with van der Waals surface area (Å²) in [5, 5.41) is 19.5. The van der Waals surface area contributed by atoms with Crippen LogP contribution in [0, 0.1) is 23.4 Å². The Bertz CT molecular complexity index is 1760. The van der Waals surface area contributed by atoms with Crippen molar-refractivity contribution in [1.29, 1.82) is 0 Å². The van der Waals surface area contributed by atoms with Gasteiger partial charge in [0.25, 0.3) is 5.91 Å². The van der Waals surface area contributed by atoms with Crippen LogP contribution in [-0.2, 0) is 11.3 Å². The van der Waals surface area contributed by atoms with Gasteiger partial charge in [-0.1, -0.05) is 11.6 Å². The first-order valence-electron chi connectivity index (χ1n) is 13.9. The number of aliphatic hydroxyl groups is 1. The highest BCUT2D eigenvalue weighted by atomic mass is 35.5. The summed E-state index contributed by atoms with van der Waals surface area (Å²) in [6, 6.07) is 6.00. The molecule has 1 atom stereocenters. The Morgan fingerprint density at radius 2 is 1.84 bits per heavy atom. The van der Waals surface area contributed by atoms with Gasteiger partial charge in [0, 0.05) is 34.3 Å². The van der Waals surface area contributed by atoms with Gasteiger partial charge < -0.3 is 15.2 Å². The molecule has 226 valence electrons. The smallest absolute Gasteiger partial charge is 0.251 e. The number of hydrogen-bond donors (Lipinski definition) is 2. The topological polar surface area (TPSA) is 89.3 Å². The fourth-order valence-electron chi connectivity index (χ4n) is 5.32. The fraction of sp³-hybridized carbons (Fsp3) is 0.387. The van der Waals surface area contributed by atoms with Crippen molar-refractivity contribution in [2.24, 2.45) is 5.92 Å². The number of methoxy groups -OCH3 is 1. The molecule has 0 saturated heterocycles. The van der Waals surface area contributed by atoms with Gasteiger partial charge in [-0.3, -0.25) is 9.48 Å². The van der Waals surface area contributed by atoms with Gasteiger partial charge >= 0.3 is 0 Å². The van der Waals surface area contributed by atoms with E-state index in [9.17, 15) is 18.7 Å². The van der Waals surface area contributed by atoms with Gasteiger partial charge in [0.05, 0.1) is 30.4 Å². The van der Waals surface area contributed by atoms with Crippen LogP contribution in [0.3, 0.4) is 0 Å². The second kappa shape index (κ2) is 10.5. The summed E-state index contributed by atoms with van der Waals surface area (Å²) in [5.74, 6) is -3.90. The van der Waals surface area contributed by atoms with Gasteiger partial charge in [-0.25, -0.2) is 22.5 Å². The minimum atomic E-state index is -2.26. The van der Waals surface area contributed by atoms with E-state index in [2.05, 4.69) is 15.4 Å². The minimum Gasteiger partial charge on any atom is -0.494 e. The lowest BCUT2D eigenvalue weighted by Gasteiger charge is -2.30. The molecule has 0 spiro atoms. The first-order valence-corrected chi connectivity index (χ1v) is 14.3. The van der Waals surface area contributed by atoms with Crippen LogP contribution in [0.4, 0.5) is 17.6 Å². The molecule has 2 aliphatic rings. The van der Waals surface area contributed by atoms with E-state index in [1.807, 2.05) is 10.9 Å². The Kier molecular flexibility index (Phi) is 7.16. The first-order chi connectivity index (χ1) is 20.3. The number of halogens is 5. The summed E-state index contributed by atoms with van der Waals surface area (Å²) in [4.78, 5) is 17.6. The summed E-state index contributed by atoms with van der Waals surface area (Å²) in [6.45, 7) is 1.87. The lowest BCUT2D eigenvalue weighted by Crippen LogP contribution is -2.43. The molecule has 0 unspecified atom stereocenters. The largest absolute Gasteiger partial charge is 0.494 e. The number of nitrogens with zero attached hydrogens (tertiary/aromatic N) is 3. The summed E-state index contributed by atoms with van der Waals surface area (Å²) < 4.78 is 67.0. The van der Waals surface area contributed by atoms with Crippen molar-refractivity contribution in [3.8, 4) is 17.0 Å². The Morgan fingerprint density at radius 3 is 2.47 bits per heavy atom. The molecule has 7 nitrogen and oxygen atoms in total. The predicted molar refractivity (Wildman–Crippen MR) is 152 cm³/mol. The van der Waals surface area contributed by atoms with Gasteiger partial charge in [0.1, 0.15) is 39.9 Å². The number of benzene rings is 2. The quantitative estimate of drug-likeness (QED) is 0.161. The number of fused-ring (bicyclic) bond motifs is 1. The van der Waals surface area contributed by atoms with Crippen molar-refractivity contribution in [3.05, 3.63) is 75.8 Å². The average molecular weight is 617 g/mol. The number of carbonyl (C=O) groups is 1. The number of pyridine rings is 1. The van der Waals surface area contributed by atoms with E-state index >= 15 is 8.78 Å². The van der Waals surface area contributed by atoms with E-state index < -0.39 is 62.4 Å². The van der Waals surface area contributed by atoms with Crippen LogP contribution in [-0.4, -0.2) is 39.4 Å². The van der Waals surface area contributed by atoms with Gasteiger partial charge in [0.2, 0.25) is 0 Å². The third kappa shape index (κ3) is 5.44. The molecule has 0 radical (unpaired) electrons. The molecule has 2 saturated carbocycles. The molecule has 0 bridgehead atoms. The van der Waals surface area contributed by atoms with Crippen molar-refractivity contribution >= 4 is 28.4 Å². The highest BCUT2D eigenvalue weighted by Crippen LogP contribution is 2.47. The summed E-state index contributed by atoms with van der Waals surface area (Å²) >= 11 is 5.85. The fourth-order valence-corrected chi connectivity index (χ4v) is 5.49. The summed E-state index contributed by atoms with van der Waals surface area (Å²) in [5.41, 5.74) is -5.01. The predicted octanol–water partition coefficient (Wildman–Crippen LogP) is 6.74. The molecular formula is C31H29ClF4N4O3. The third-order valence-electron chi connectivity index (χ3n) is 8.07. The standard InChI is InChI=1S/C31H29ClF4N4O3/c1-30(2,36)20-11-25(38-28(26(20)35)19-10-21(32)23(34)12-22(19)33)31(42,17-4-5-17)14-37-29(41)15-8-16-13-40(18-6-7-18)39-27(16)24(9-15)43-3/h8-13,17-18,42H,4-7,14H2,1-3H3,(H,37,41)/t31-/m1/s1. The molecule has 43 heavy (non-hydrogen) atoms. The first kappa shape index (κ1) is 29.4. The maximum Gasteiger partial charge on any atom is 0.251 e. The number of rotatable bonds is 9. The summed E-state index contributed by atoms with van der Waals surface area (Å²) in [7, 11) is 1.48. The number of hydrogen-bond acceptors (Lipinski definition) is 5. The Labute approximate surface area is 249 Å². The highest BCUT2D eigenvalue weighted by Gasteiger charge is 2.47. The molecule has 2 aromatic heterocycles. The zero-order valence-electron chi connectivity index (χ0n) is 23.6. The van der Waals surface area contributed by atoms with Gasteiger partial charge in [-0.15, -0.1) is 0 Å². The van der Waals surface area contributed by atoms with Crippen molar-refractivity contribution < 1.29 is 32.2 Å². The molecule has 2 fully saturated rings. The van der Waals surface area contributed by atoms with Gasteiger partial charge in [-0.2, -0.15) is 5.10 Å². The van der Waals surface area contributed by atoms with Crippen LogP contribution in [0.25, 0.3) is 22.2 Å². The molecule has 2 aliphatic carbocycles. The van der Waals surface area contributed by atoms with Crippen LogP contribution < -0.4 is 10.1 Å². The van der Waals surface area contributed by atoms with E-state index in [1.54, 1.807) is 12.1 Å². The number of alkyl halides is 1. The van der Waals surface area contributed by atoms with E-state index in [-0.39, 0.29) is 17.8 Å². The Morgan fingerprint density at radius 1 is 1.12 bits per heavy atom.